The van der Waals surface area contributed by atoms with Crippen molar-refractivity contribution < 1.29 is 27.8 Å². The quantitative estimate of drug-likeness (QED) is 0.547. The van der Waals surface area contributed by atoms with Crippen LogP contribution >= 0.6 is 0 Å². The zero-order chi connectivity index (χ0) is 21.5. The van der Waals surface area contributed by atoms with Gasteiger partial charge in [-0.25, -0.2) is 4.79 Å². The fraction of sp³-hybridized carbons (Fsp3) is 0.130. The molecule has 0 bridgehead atoms. The van der Waals surface area contributed by atoms with Crippen molar-refractivity contribution in [2.24, 2.45) is 0 Å². The molecule has 154 valence electrons. The smallest absolute Gasteiger partial charge is 0.387 e. The number of rotatable bonds is 7. The summed E-state index contributed by atoms with van der Waals surface area (Å²) in [4.78, 5) is 24.9. The minimum Gasteiger partial charge on any atom is -0.449 e. The second kappa shape index (κ2) is 9.65. The molecule has 3 aromatic carbocycles. The Balaban J connectivity index is 1.68. The van der Waals surface area contributed by atoms with Crippen molar-refractivity contribution in [1.82, 2.24) is 0 Å². The first-order chi connectivity index (χ1) is 14.4. The summed E-state index contributed by atoms with van der Waals surface area (Å²) in [5, 5.41) is 2.76. The highest BCUT2D eigenvalue weighted by Crippen LogP contribution is 2.27. The van der Waals surface area contributed by atoms with Crippen LogP contribution in [0.15, 0.2) is 78.9 Å². The normalized spacial score (nSPS) is 11.6. The van der Waals surface area contributed by atoms with Crippen molar-refractivity contribution in [1.29, 1.82) is 0 Å². The molecule has 0 aromatic heterocycles. The summed E-state index contributed by atoms with van der Waals surface area (Å²) in [6.07, 6.45) is -1.11. The first kappa shape index (κ1) is 21.0. The van der Waals surface area contributed by atoms with E-state index in [-0.39, 0.29) is 11.3 Å². The zero-order valence-corrected chi connectivity index (χ0v) is 16.0. The fourth-order valence-corrected chi connectivity index (χ4v) is 2.78. The van der Waals surface area contributed by atoms with Crippen molar-refractivity contribution in [3.63, 3.8) is 0 Å². The lowest BCUT2D eigenvalue weighted by molar-refractivity contribution is -0.123. The van der Waals surface area contributed by atoms with E-state index < -0.39 is 24.6 Å². The summed E-state index contributed by atoms with van der Waals surface area (Å²) in [6, 6.07) is 22.0. The molecule has 5 nitrogen and oxygen atoms in total. The Bertz CT molecular complexity index is 1020. The van der Waals surface area contributed by atoms with Gasteiger partial charge in [0.15, 0.2) is 6.10 Å². The maximum atomic E-state index is 12.6. The standard InChI is InChI=1S/C23H19F2NO4/c1-15(29-22(28)17-10-7-11-18(14-17)30-23(24)25)21(27)26-20-13-6-5-12-19(20)16-8-3-2-4-9-16/h2-15,23H,1H3,(H,26,27)/t15-/m1/s1. The molecule has 0 heterocycles. The number of ether oxygens (including phenoxy) is 2. The maximum Gasteiger partial charge on any atom is 0.387 e. The Hall–Kier alpha value is -3.74. The Morgan fingerprint density at radius 2 is 1.60 bits per heavy atom. The number of anilines is 1. The van der Waals surface area contributed by atoms with Gasteiger partial charge in [-0.1, -0.05) is 54.6 Å². The van der Waals surface area contributed by atoms with Crippen LogP contribution in [0.4, 0.5) is 14.5 Å². The van der Waals surface area contributed by atoms with E-state index in [9.17, 15) is 18.4 Å². The first-order valence-corrected chi connectivity index (χ1v) is 9.15. The average Bonchev–Trinajstić information content (AvgIpc) is 2.74. The van der Waals surface area contributed by atoms with Crippen LogP contribution in [-0.2, 0) is 9.53 Å². The van der Waals surface area contributed by atoms with Gasteiger partial charge in [-0.15, -0.1) is 0 Å². The number of halogens is 2. The van der Waals surface area contributed by atoms with Crippen LogP contribution in [0.5, 0.6) is 5.75 Å². The summed E-state index contributed by atoms with van der Waals surface area (Å²) in [7, 11) is 0. The summed E-state index contributed by atoms with van der Waals surface area (Å²) in [6.45, 7) is -1.58. The lowest BCUT2D eigenvalue weighted by atomic mass is 10.0. The lowest BCUT2D eigenvalue weighted by Gasteiger charge is -2.16. The Morgan fingerprint density at radius 1 is 0.900 bits per heavy atom. The Kier molecular flexibility index (Phi) is 6.75. The van der Waals surface area contributed by atoms with Crippen molar-refractivity contribution in [2.45, 2.75) is 19.6 Å². The molecule has 0 spiro atoms. The molecule has 30 heavy (non-hydrogen) atoms. The third kappa shape index (κ3) is 5.41. The second-order valence-corrected chi connectivity index (χ2v) is 6.35. The van der Waals surface area contributed by atoms with Crippen LogP contribution in [0.1, 0.15) is 17.3 Å². The minimum atomic E-state index is -3.01. The number of hydrogen-bond acceptors (Lipinski definition) is 4. The molecule has 0 aliphatic heterocycles. The number of alkyl halides is 2. The van der Waals surface area contributed by atoms with E-state index in [1.807, 2.05) is 42.5 Å². The van der Waals surface area contributed by atoms with Gasteiger partial charge in [-0.05, 0) is 36.8 Å². The minimum absolute atomic E-state index is 0.00233. The number of esters is 1. The lowest BCUT2D eigenvalue weighted by Crippen LogP contribution is -2.30. The SMILES string of the molecule is C[C@@H](OC(=O)c1cccc(OC(F)F)c1)C(=O)Nc1ccccc1-c1ccccc1. The third-order valence-corrected chi connectivity index (χ3v) is 4.22. The predicted molar refractivity (Wildman–Crippen MR) is 108 cm³/mol. The average molecular weight is 411 g/mol. The van der Waals surface area contributed by atoms with Gasteiger partial charge in [0.2, 0.25) is 0 Å². The number of benzene rings is 3. The van der Waals surface area contributed by atoms with Gasteiger partial charge >= 0.3 is 12.6 Å². The molecule has 0 radical (unpaired) electrons. The highest BCUT2D eigenvalue weighted by Gasteiger charge is 2.20. The number of para-hydroxylation sites is 1. The Morgan fingerprint density at radius 3 is 2.33 bits per heavy atom. The topological polar surface area (TPSA) is 64.6 Å². The molecule has 1 atom stereocenters. The highest BCUT2D eigenvalue weighted by molar-refractivity contribution is 6.00. The van der Waals surface area contributed by atoms with Crippen LogP contribution in [0.2, 0.25) is 0 Å². The zero-order valence-electron chi connectivity index (χ0n) is 16.0. The molecule has 0 saturated heterocycles. The summed E-state index contributed by atoms with van der Waals surface area (Å²) >= 11 is 0. The molecular formula is C23H19F2NO4. The molecule has 0 aliphatic rings. The molecule has 1 amide bonds. The van der Waals surface area contributed by atoms with E-state index >= 15 is 0 Å². The number of hydrogen-bond donors (Lipinski definition) is 1. The van der Waals surface area contributed by atoms with E-state index in [0.717, 1.165) is 17.2 Å². The van der Waals surface area contributed by atoms with Gasteiger partial charge in [0.1, 0.15) is 5.75 Å². The van der Waals surface area contributed by atoms with Crippen LogP contribution in [0, 0.1) is 0 Å². The first-order valence-electron chi connectivity index (χ1n) is 9.15. The number of carbonyl (C=O) groups excluding carboxylic acids is 2. The molecule has 0 aliphatic carbocycles. The highest BCUT2D eigenvalue weighted by atomic mass is 19.3. The van der Waals surface area contributed by atoms with E-state index in [2.05, 4.69) is 10.1 Å². The summed E-state index contributed by atoms with van der Waals surface area (Å²) < 4.78 is 34.1. The molecule has 0 saturated carbocycles. The van der Waals surface area contributed by atoms with Gasteiger partial charge in [0.05, 0.1) is 5.56 Å². The Labute approximate surface area is 172 Å². The van der Waals surface area contributed by atoms with Crippen molar-refractivity contribution in [3.05, 3.63) is 84.4 Å². The molecule has 3 aromatic rings. The number of nitrogens with one attached hydrogen (secondary N) is 1. The molecular weight excluding hydrogens is 392 g/mol. The summed E-state index contributed by atoms with van der Waals surface area (Å²) in [5.41, 5.74) is 2.32. The molecule has 7 heteroatoms. The number of carbonyl (C=O) groups is 2. The van der Waals surface area contributed by atoms with Crippen molar-refractivity contribution in [3.8, 4) is 16.9 Å². The second-order valence-electron chi connectivity index (χ2n) is 6.35. The fourth-order valence-electron chi connectivity index (χ4n) is 2.78. The maximum absolute atomic E-state index is 12.6. The van der Waals surface area contributed by atoms with Crippen molar-refractivity contribution >= 4 is 17.6 Å². The van der Waals surface area contributed by atoms with E-state index in [0.29, 0.717) is 5.69 Å². The molecule has 0 fully saturated rings. The largest absolute Gasteiger partial charge is 0.449 e. The molecule has 0 unspecified atom stereocenters. The third-order valence-electron chi connectivity index (χ3n) is 4.22. The van der Waals surface area contributed by atoms with E-state index in [1.54, 1.807) is 12.1 Å². The van der Waals surface area contributed by atoms with Crippen LogP contribution < -0.4 is 10.1 Å². The van der Waals surface area contributed by atoms with Gasteiger partial charge in [0.25, 0.3) is 5.91 Å². The molecule has 1 N–H and O–H groups in total. The van der Waals surface area contributed by atoms with Crippen LogP contribution in [0.25, 0.3) is 11.1 Å². The van der Waals surface area contributed by atoms with Gasteiger partial charge < -0.3 is 14.8 Å². The van der Waals surface area contributed by atoms with Gasteiger partial charge in [-0.2, -0.15) is 8.78 Å². The monoisotopic (exact) mass is 411 g/mol. The van der Waals surface area contributed by atoms with Crippen LogP contribution in [0.3, 0.4) is 0 Å². The van der Waals surface area contributed by atoms with Gasteiger partial charge in [0, 0.05) is 11.3 Å². The molecule has 3 rings (SSSR count). The van der Waals surface area contributed by atoms with Gasteiger partial charge in [-0.3, -0.25) is 4.79 Å². The van der Waals surface area contributed by atoms with E-state index in [4.69, 9.17) is 4.74 Å². The summed E-state index contributed by atoms with van der Waals surface area (Å²) in [5.74, 6) is -1.52. The number of amides is 1. The predicted octanol–water partition coefficient (Wildman–Crippen LogP) is 5.14. The van der Waals surface area contributed by atoms with E-state index in [1.165, 1.54) is 25.1 Å². The van der Waals surface area contributed by atoms with Crippen LogP contribution in [-0.4, -0.2) is 24.6 Å². The van der Waals surface area contributed by atoms with Crippen molar-refractivity contribution in [2.75, 3.05) is 5.32 Å².